The molecule has 0 amide bonds. The van der Waals surface area contributed by atoms with Crippen molar-refractivity contribution in [3.05, 3.63) is 58.5 Å². The third-order valence-corrected chi connectivity index (χ3v) is 5.80. The average molecular weight is 385 g/mol. The molecule has 3 aliphatic rings. The lowest BCUT2D eigenvalue weighted by Crippen LogP contribution is -2.31. The van der Waals surface area contributed by atoms with E-state index in [0.717, 1.165) is 45.1 Å². The number of rotatable bonds is 4. The SMILES string of the molecule is CC.COCc1ccc(CN2CCOC3=C2C=C2CCNCCC2CC3)cc1. The summed E-state index contributed by atoms with van der Waals surface area (Å²) in [6.45, 7) is 9.63. The van der Waals surface area contributed by atoms with Gasteiger partial charge in [-0.2, -0.15) is 0 Å². The van der Waals surface area contributed by atoms with Crippen molar-refractivity contribution >= 4 is 0 Å². The predicted molar refractivity (Wildman–Crippen MR) is 115 cm³/mol. The van der Waals surface area contributed by atoms with Gasteiger partial charge in [-0.3, -0.25) is 0 Å². The molecule has 4 rings (SSSR count). The van der Waals surface area contributed by atoms with Gasteiger partial charge in [0.25, 0.3) is 0 Å². The fraction of sp³-hybridized carbons (Fsp3) is 0.583. The highest BCUT2D eigenvalue weighted by Crippen LogP contribution is 2.35. The van der Waals surface area contributed by atoms with E-state index in [1.165, 1.54) is 41.8 Å². The number of methoxy groups -OCH3 is 1. The lowest BCUT2D eigenvalue weighted by Gasteiger charge is -2.32. The van der Waals surface area contributed by atoms with Crippen molar-refractivity contribution < 1.29 is 9.47 Å². The van der Waals surface area contributed by atoms with Crippen LogP contribution in [0.2, 0.25) is 0 Å². The second-order valence-corrected chi connectivity index (χ2v) is 7.57. The Balaban J connectivity index is 0.00000109. The summed E-state index contributed by atoms with van der Waals surface area (Å²) in [5.74, 6) is 1.93. The Morgan fingerprint density at radius 3 is 2.64 bits per heavy atom. The van der Waals surface area contributed by atoms with Gasteiger partial charge < -0.3 is 19.7 Å². The minimum Gasteiger partial charge on any atom is -0.494 e. The molecule has 4 nitrogen and oxygen atoms in total. The highest BCUT2D eigenvalue weighted by Gasteiger charge is 2.27. The van der Waals surface area contributed by atoms with Crippen LogP contribution in [0.4, 0.5) is 0 Å². The number of allylic oxidation sites excluding steroid dienone is 2. The van der Waals surface area contributed by atoms with Crippen LogP contribution in [-0.2, 0) is 22.6 Å². The molecule has 1 aromatic carbocycles. The van der Waals surface area contributed by atoms with Crippen molar-refractivity contribution in [2.24, 2.45) is 5.92 Å². The van der Waals surface area contributed by atoms with Crippen LogP contribution in [0.5, 0.6) is 0 Å². The minimum absolute atomic E-state index is 0.675. The van der Waals surface area contributed by atoms with Crippen LogP contribution >= 0.6 is 0 Å². The fourth-order valence-electron chi connectivity index (χ4n) is 4.34. The van der Waals surface area contributed by atoms with E-state index in [1.54, 1.807) is 12.7 Å². The Morgan fingerprint density at radius 2 is 1.86 bits per heavy atom. The zero-order chi connectivity index (χ0) is 19.8. The molecule has 1 aromatic rings. The maximum Gasteiger partial charge on any atom is 0.119 e. The van der Waals surface area contributed by atoms with Gasteiger partial charge in [0.2, 0.25) is 0 Å². The van der Waals surface area contributed by atoms with E-state index in [2.05, 4.69) is 40.6 Å². The van der Waals surface area contributed by atoms with Crippen LogP contribution < -0.4 is 5.32 Å². The number of ether oxygens (including phenoxy) is 2. The molecule has 1 atom stereocenters. The van der Waals surface area contributed by atoms with E-state index in [4.69, 9.17) is 9.47 Å². The molecule has 28 heavy (non-hydrogen) atoms. The van der Waals surface area contributed by atoms with Gasteiger partial charge in [0.1, 0.15) is 12.4 Å². The molecule has 0 aromatic heterocycles. The highest BCUT2D eigenvalue weighted by molar-refractivity contribution is 5.32. The lowest BCUT2D eigenvalue weighted by atomic mass is 9.91. The first-order valence-electron chi connectivity index (χ1n) is 10.9. The number of hydrogen-bond donors (Lipinski definition) is 1. The number of benzene rings is 1. The molecule has 4 heteroatoms. The predicted octanol–water partition coefficient (Wildman–Crippen LogP) is 4.62. The zero-order valence-electron chi connectivity index (χ0n) is 17.8. The van der Waals surface area contributed by atoms with Gasteiger partial charge in [-0.25, -0.2) is 0 Å². The maximum absolute atomic E-state index is 6.08. The molecule has 0 saturated carbocycles. The van der Waals surface area contributed by atoms with Crippen molar-refractivity contribution in [2.75, 3.05) is 33.4 Å². The lowest BCUT2D eigenvalue weighted by molar-refractivity contribution is 0.122. The molecule has 1 saturated heterocycles. The molecular formula is C24H36N2O2. The molecule has 154 valence electrons. The van der Waals surface area contributed by atoms with Crippen molar-refractivity contribution in [2.45, 2.75) is 52.7 Å². The van der Waals surface area contributed by atoms with Crippen LogP contribution in [0.1, 0.15) is 50.7 Å². The number of hydrogen-bond acceptors (Lipinski definition) is 4. The molecular weight excluding hydrogens is 348 g/mol. The Labute approximate surface area is 170 Å². The molecule has 0 radical (unpaired) electrons. The average Bonchev–Trinajstić information content (AvgIpc) is 3.06. The Morgan fingerprint density at radius 1 is 1.07 bits per heavy atom. The van der Waals surface area contributed by atoms with Gasteiger partial charge >= 0.3 is 0 Å². The van der Waals surface area contributed by atoms with E-state index in [0.29, 0.717) is 6.61 Å². The molecule has 2 heterocycles. The first kappa shape index (κ1) is 20.9. The number of nitrogens with one attached hydrogen (secondary N) is 1. The topological polar surface area (TPSA) is 33.7 Å². The van der Waals surface area contributed by atoms with Gasteiger partial charge in [0.05, 0.1) is 18.8 Å². The first-order valence-corrected chi connectivity index (χ1v) is 10.9. The van der Waals surface area contributed by atoms with Gasteiger partial charge in [0.15, 0.2) is 0 Å². The quantitative estimate of drug-likeness (QED) is 0.821. The number of fused-ring (bicyclic) bond motifs is 1. The van der Waals surface area contributed by atoms with Crippen molar-refractivity contribution in [1.29, 1.82) is 0 Å². The van der Waals surface area contributed by atoms with Crippen LogP contribution in [-0.4, -0.2) is 38.3 Å². The van der Waals surface area contributed by atoms with Crippen LogP contribution in [0.25, 0.3) is 0 Å². The van der Waals surface area contributed by atoms with Crippen LogP contribution in [0.15, 0.2) is 47.4 Å². The van der Waals surface area contributed by atoms with Crippen molar-refractivity contribution in [3.63, 3.8) is 0 Å². The summed E-state index contributed by atoms with van der Waals surface area (Å²) >= 11 is 0. The van der Waals surface area contributed by atoms with Gasteiger partial charge in [-0.1, -0.05) is 43.7 Å². The Kier molecular flexibility index (Phi) is 7.99. The fourth-order valence-corrected chi connectivity index (χ4v) is 4.34. The zero-order valence-corrected chi connectivity index (χ0v) is 17.8. The second kappa shape index (κ2) is 10.7. The Bertz CT molecular complexity index is 678. The molecule has 2 aliphatic heterocycles. The summed E-state index contributed by atoms with van der Waals surface area (Å²) < 4.78 is 11.3. The summed E-state index contributed by atoms with van der Waals surface area (Å²) in [6, 6.07) is 8.80. The summed E-state index contributed by atoms with van der Waals surface area (Å²) in [7, 11) is 1.74. The first-order chi connectivity index (χ1) is 13.8. The van der Waals surface area contributed by atoms with Gasteiger partial charge in [0, 0.05) is 20.1 Å². The van der Waals surface area contributed by atoms with Crippen LogP contribution in [0, 0.1) is 5.92 Å². The smallest absolute Gasteiger partial charge is 0.119 e. The van der Waals surface area contributed by atoms with E-state index in [-0.39, 0.29) is 0 Å². The second-order valence-electron chi connectivity index (χ2n) is 7.57. The minimum atomic E-state index is 0.675. The molecule has 0 spiro atoms. The third-order valence-electron chi connectivity index (χ3n) is 5.80. The van der Waals surface area contributed by atoms with Crippen molar-refractivity contribution in [3.8, 4) is 0 Å². The summed E-state index contributed by atoms with van der Waals surface area (Å²) in [4.78, 5) is 2.51. The van der Waals surface area contributed by atoms with Crippen LogP contribution in [0.3, 0.4) is 0 Å². The third kappa shape index (κ3) is 5.18. The van der Waals surface area contributed by atoms with Gasteiger partial charge in [-0.05, 0) is 55.5 Å². The summed E-state index contributed by atoms with van der Waals surface area (Å²) in [5.41, 5.74) is 5.52. The van der Waals surface area contributed by atoms with E-state index in [1.807, 2.05) is 13.8 Å². The van der Waals surface area contributed by atoms with Gasteiger partial charge in [-0.15, -0.1) is 0 Å². The molecule has 1 N–H and O–H groups in total. The molecule has 0 bridgehead atoms. The van der Waals surface area contributed by atoms with E-state index < -0.39 is 0 Å². The largest absolute Gasteiger partial charge is 0.494 e. The standard InChI is InChI=1S/C22H30N2O2.C2H6/c1-25-16-18-4-2-17(3-5-18)15-24-12-13-26-22-7-6-19-8-10-23-11-9-20(19)14-21(22)24;1-2/h2-5,14,19,23H,6-13,15-16H2,1H3;1-2H3. The normalized spacial score (nSPS) is 21.9. The summed E-state index contributed by atoms with van der Waals surface area (Å²) in [5, 5.41) is 3.55. The Hall–Kier alpha value is -1.78. The number of nitrogens with zero attached hydrogens (tertiary/aromatic N) is 1. The van der Waals surface area contributed by atoms with E-state index in [9.17, 15) is 0 Å². The van der Waals surface area contributed by atoms with Crippen molar-refractivity contribution in [1.82, 2.24) is 10.2 Å². The molecule has 1 fully saturated rings. The molecule has 1 aliphatic carbocycles. The molecule has 1 unspecified atom stereocenters. The van der Waals surface area contributed by atoms with E-state index >= 15 is 0 Å². The summed E-state index contributed by atoms with van der Waals surface area (Å²) in [6.07, 6.45) is 7.18. The monoisotopic (exact) mass is 384 g/mol. The maximum atomic E-state index is 6.08. The highest BCUT2D eigenvalue weighted by atomic mass is 16.5.